The predicted octanol–water partition coefficient (Wildman–Crippen LogP) is 10.4. The van der Waals surface area contributed by atoms with Gasteiger partial charge in [0.25, 0.3) is 0 Å². The summed E-state index contributed by atoms with van der Waals surface area (Å²) in [4.78, 5) is 13.1. The number of thiophene rings is 3. The van der Waals surface area contributed by atoms with Crippen LogP contribution in [0.4, 0.5) is 15.0 Å². The van der Waals surface area contributed by atoms with Crippen molar-refractivity contribution in [2.24, 2.45) is 4.99 Å². The summed E-state index contributed by atoms with van der Waals surface area (Å²) in [7, 11) is 2.27. The Balaban J connectivity index is 1.29. The highest BCUT2D eigenvalue weighted by atomic mass is 32.2. The van der Waals surface area contributed by atoms with E-state index in [-0.39, 0.29) is 6.04 Å². The second kappa shape index (κ2) is 10.4. The molecule has 0 saturated heterocycles. The first-order chi connectivity index (χ1) is 21.7. The maximum absolute atomic E-state index is 5.70. The number of allylic oxidation sites excluding steroid dienone is 3. The van der Waals surface area contributed by atoms with Crippen LogP contribution in [0.15, 0.2) is 129 Å². The van der Waals surface area contributed by atoms with Crippen molar-refractivity contribution >= 4 is 88.7 Å². The fourth-order valence-electron chi connectivity index (χ4n) is 6.83. The van der Waals surface area contributed by atoms with E-state index >= 15 is 0 Å². The molecule has 0 spiro atoms. The van der Waals surface area contributed by atoms with E-state index in [9.17, 15) is 0 Å². The van der Waals surface area contributed by atoms with Gasteiger partial charge in [0.15, 0.2) is 0 Å². The monoisotopic (exact) mass is 644 g/mol. The van der Waals surface area contributed by atoms with Gasteiger partial charge in [-0.25, -0.2) is 4.99 Å². The molecular weight excluding hydrogens is 617 g/mol. The topological polar surface area (TPSA) is 22.1 Å². The van der Waals surface area contributed by atoms with Gasteiger partial charge in [0.05, 0.1) is 33.5 Å². The number of anilines is 3. The van der Waals surface area contributed by atoms with E-state index in [1.807, 2.05) is 11.8 Å². The average Bonchev–Trinajstić information content (AvgIpc) is 3.88. The zero-order valence-corrected chi connectivity index (χ0v) is 27.4. The number of thioether (sulfide) groups is 1. The molecule has 8 heteroatoms. The molecule has 0 fully saturated rings. The summed E-state index contributed by atoms with van der Waals surface area (Å²) < 4.78 is 0. The minimum Gasteiger partial charge on any atom is -0.358 e. The lowest BCUT2D eigenvalue weighted by Crippen LogP contribution is -2.49. The lowest BCUT2D eigenvalue weighted by Gasteiger charge is -2.44. The molecule has 0 N–H and O–H groups in total. The molecule has 2 unspecified atom stereocenters. The molecule has 2 atom stereocenters. The predicted molar refractivity (Wildman–Crippen MR) is 193 cm³/mol. The summed E-state index contributed by atoms with van der Waals surface area (Å²) in [6.07, 6.45) is 8.14. The van der Waals surface area contributed by atoms with Crippen LogP contribution in [0.1, 0.15) is 24.5 Å². The maximum atomic E-state index is 5.70. The fraction of sp³-hybridized carbons (Fsp3) is 0.139. The van der Waals surface area contributed by atoms with Crippen molar-refractivity contribution in [1.82, 2.24) is 4.90 Å². The quantitative estimate of drug-likeness (QED) is 0.183. The van der Waals surface area contributed by atoms with Gasteiger partial charge in [-0.2, -0.15) is 0 Å². The van der Waals surface area contributed by atoms with E-state index in [4.69, 9.17) is 4.99 Å². The molecule has 9 rings (SSSR count). The normalized spacial score (nSPS) is 20.3. The summed E-state index contributed by atoms with van der Waals surface area (Å²) in [6.45, 7) is 2.32. The van der Waals surface area contributed by atoms with Gasteiger partial charge < -0.3 is 4.90 Å². The lowest BCUT2D eigenvalue weighted by molar-refractivity contribution is 0.457. The molecule has 4 nitrogen and oxygen atoms in total. The second-order valence-electron chi connectivity index (χ2n) is 11.3. The second-order valence-corrected chi connectivity index (χ2v) is 15.5. The van der Waals surface area contributed by atoms with Gasteiger partial charge in [-0.15, -0.1) is 45.8 Å². The molecule has 2 aromatic carbocycles. The van der Waals surface area contributed by atoms with E-state index in [1.165, 1.54) is 53.3 Å². The van der Waals surface area contributed by atoms with Crippen molar-refractivity contribution in [1.29, 1.82) is 0 Å². The SMILES string of the molecule is CC1CC=C(N(C2=CC=C(N(c3cccs3)c3cccs3)C3=NC4=C(c5cccc6cccc4c56)N(C)C23)c2cccs2)S1. The van der Waals surface area contributed by atoms with Gasteiger partial charge in [-0.05, 0) is 76.5 Å². The Bertz CT molecular complexity index is 2020. The van der Waals surface area contributed by atoms with Gasteiger partial charge >= 0.3 is 0 Å². The third-order valence-corrected chi connectivity index (χ3v) is 12.4. The van der Waals surface area contributed by atoms with Crippen LogP contribution in [-0.4, -0.2) is 29.0 Å². The molecule has 0 saturated carbocycles. The third-order valence-electron chi connectivity index (χ3n) is 8.67. The van der Waals surface area contributed by atoms with E-state index < -0.39 is 0 Å². The van der Waals surface area contributed by atoms with E-state index in [2.05, 4.69) is 136 Å². The molecule has 3 aromatic heterocycles. The highest BCUT2D eigenvalue weighted by Gasteiger charge is 2.44. The lowest BCUT2D eigenvalue weighted by atomic mass is 9.93. The molecule has 5 aromatic rings. The van der Waals surface area contributed by atoms with Crippen LogP contribution >= 0.6 is 45.8 Å². The van der Waals surface area contributed by atoms with Crippen LogP contribution < -0.4 is 9.80 Å². The summed E-state index contributed by atoms with van der Waals surface area (Å²) in [5, 5.41) is 14.5. The van der Waals surface area contributed by atoms with Crippen LogP contribution in [0, 0.1) is 0 Å². The zero-order valence-electron chi connectivity index (χ0n) is 24.2. The first kappa shape index (κ1) is 26.6. The Morgan fingerprint density at radius 1 is 0.773 bits per heavy atom. The molecule has 0 bridgehead atoms. The molecule has 216 valence electrons. The molecule has 2 aliphatic heterocycles. The number of nitrogens with zero attached hydrogens (tertiary/aromatic N) is 4. The molecule has 2 aliphatic carbocycles. The van der Waals surface area contributed by atoms with Crippen molar-refractivity contribution in [2.45, 2.75) is 24.6 Å². The minimum atomic E-state index is -0.0831. The van der Waals surface area contributed by atoms with Gasteiger partial charge in [0.2, 0.25) is 0 Å². The van der Waals surface area contributed by atoms with Gasteiger partial charge in [-0.3, -0.25) is 9.80 Å². The number of likely N-dealkylation sites (N-methyl/N-ethyl adjacent to an activating group) is 1. The van der Waals surface area contributed by atoms with Crippen LogP contribution in [0.25, 0.3) is 22.2 Å². The summed E-state index contributed by atoms with van der Waals surface area (Å²) in [6, 6.07) is 26.3. The fourth-order valence-corrected chi connectivity index (χ4v) is 10.3. The Kier molecular flexibility index (Phi) is 6.27. The Morgan fingerprint density at radius 2 is 1.43 bits per heavy atom. The molecular formula is C36H28N4S4. The molecule has 4 aliphatic rings. The zero-order chi connectivity index (χ0) is 29.4. The van der Waals surface area contributed by atoms with Crippen molar-refractivity contribution in [3.05, 3.63) is 135 Å². The van der Waals surface area contributed by atoms with E-state index in [0.29, 0.717) is 5.25 Å². The number of hydrogen-bond acceptors (Lipinski definition) is 8. The summed E-state index contributed by atoms with van der Waals surface area (Å²) in [5.41, 5.74) is 8.21. The van der Waals surface area contributed by atoms with E-state index in [1.54, 1.807) is 34.0 Å². The van der Waals surface area contributed by atoms with Gasteiger partial charge in [-0.1, -0.05) is 49.4 Å². The highest BCUT2D eigenvalue weighted by molar-refractivity contribution is 8.04. The standard InChI is InChI=1S/C36H28N4S4/c1-22-15-18-31(44-22)40(30-14-7-21-43-30)27-17-16-26(39(28-12-5-19-41-28)29-13-6-20-42-29)34-36(27)38(2)35-25-11-4-9-23-8-3-10-24(32(23)25)33(35)37-34/h3-14,16-22,36H,15H2,1-2H3. The number of hydrogen-bond donors (Lipinski definition) is 0. The largest absolute Gasteiger partial charge is 0.358 e. The van der Waals surface area contributed by atoms with Crippen molar-refractivity contribution < 1.29 is 0 Å². The van der Waals surface area contributed by atoms with Crippen molar-refractivity contribution in [2.75, 3.05) is 16.8 Å². The molecule has 44 heavy (non-hydrogen) atoms. The first-order valence-corrected chi connectivity index (χ1v) is 18.3. The summed E-state index contributed by atoms with van der Waals surface area (Å²) in [5.74, 6) is 0. The molecule has 5 heterocycles. The van der Waals surface area contributed by atoms with Crippen LogP contribution in [0.2, 0.25) is 0 Å². The van der Waals surface area contributed by atoms with Gasteiger partial charge in [0, 0.05) is 28.8 Å². The van der Waals surface area contributed by atoms with Crippen LogP contribution in [0.3, 0.4) is 0 Å². The summed E-state index contributed by atoms with van der Waals surface area (Å²) >= 11 is 7.29. The molecule has 0 amide bonds. The minimum absolute atomic E-state index is 0.0831. The molecule has 0 radical (unpaired) electrons. The Hall–Kier alpha value is -3.82. The first-order valence-electron chi connectivity index (χ1n) is 14.8. The number of fused-ring (bicyclic) bond motifs is 3. The van der Waals surface area contributed by atoms with Crippen LogP contribution in [-0.2, 0) is 0 Å². The third kappa shape index (κ3) is 3.98. The number of benzene rings is 2. The highest BCUT2D eigenvalue weighted by Crippen LogP contribution is 2.51. The van der Waals surface area contributed by atoms with Crippen molar-refractivity contribution in [3.63, 3.8) is 0 Å². The van der Waals surface area contributed by atoms with Crippen LogP contribution in [0.5, 0.6) is 0 Å². The van der Waals surface area contributed by atoms with Crippen molar-refractivity contribution in [3.8, 4) is 0 Å². The number of rotatable bonds is 6. The van der Waals surface area contributed by atoms with E-state index in [0.717, 1.165) is 23.5 Å². The Morgan fingerprint density at radius 3 is 2.05 bits per heavy atom. The Labute approximate surface area is 273 Å². The smallest absolute Gasteiger partial charge is 0.114 e. The average molecular weight is 645 g/mol. The number of aliphatic imine (C=N–C) groups is 1. The maximum Gasteiger partial charge on any atom is 0.114 e. The van der Waals surface area contributed by atoms with Gasteiger partial charge in [0.1, 0.15) is 21.0 Å².